The van der Waals surface area contributed by atoms with E-state index in [0.717, 1.165) is 0 Å². The molecule has 2 aromatic heterocycles. The molecule has 9 heteroatoms. The lowest BCUT2D eigenvalue weighted by Gasteiger charge is -2.21. The van der Waals surface area contributed by atoms with Gasteiger partial charge >= 0.3 is 0 Å². The molecule has 3 rings (SSSR count). The van der Waals surface area contributed by atoms with E-state index in [2.05, 4.69) is 15.0 Å². The summed E-state index contributed by atoms with van der Waals surface area (Å²) in [4.78, 5) is 11.9. The van der Waals surface area contributed by atoms with Crippen molar-refractivity contribution < 1.29 is 20.4 Å². The number of aliphatic hydroxyl groups excluding tert-OH is 4. The third-order valence-corrected chi connectivity index (χ3v) is 3.85. The van der Waals surface area contributed by atoms with Crippen LogP contribution in [0.2, 0.25) is 0 Å². The van der Waals surface area contributed by atoms with Crippen LogP contribution in [-0.4, -0.2) is 64.9 Å². The van der Waals surface area contributed by atoms with Crippen LogP contribution in [0, 0.1) is 5.92 Å². The molecular formula is C11H15N5O4. The normalized spacial score (nSPS) is 33.9. The summed E-state index contributed by atoms with van der Waals surface area (Å²) in [6.45, 7) is -0.431. The maximum atomic E-state index is 10.2. The predicted molar refractivity (Wildman–Crippen MR) is 67.4 cm³/mol. The summed E-state index contributed by atoms with van der Waals surface area (Å²) in [5.74, 6) is -0.637. The third-order valence-electron chi connectivity index (χ3n) is 3.85. The maximum Gasteiger partial charge on any atom is 0.165 e. The highest BCUT2D eigenvalue weighted by Gasteiger charge is 2.49. The summed E-state index contributed by atoms with van der Waals surface area (Å²) < 4.78 is 1.45. The Bertz CT molecular complexity index is 632. The minimum atomic E-state index is -1.24. The molecule has 1 saturated carbocycles. The fourth-order valence-electron chi connectivity index (χ4n) is 2.75. The van der Waals surface area contributed by atoms with Gasteiger partial charge in [-0.3, -0.25) is 0 Å². The molecule has 1 aliphatic carbocycles. The molecule has 0 radical (unpaired) electrons. The second-order valence-electron chi connectivity index (χ2n) is 4.89. The van der Waals surface area contributed by atoms with Crippen molar-refractivity contribution in [2.45, 2.75) is 24.4 Å². The lowest BCUT2D eigenvalue weighted by Crippen LogP contribution is -2.30. The number of aromatic nitrogens is 4. The van der Waals surface area contributed by atoms with Crippen molar-refractivity contribution in [2.24, 2.45) is 5.92 Å². The van der Waals surface area contributed by atoms with Crippen LogP contribution in [0.15, 0.2) is 12.7 Å². The minimum absolute atomic E-state index is 0.190. The number of anilines is 1. The van der Waals surface area contributed by atoms with E-state index < -0.39 is 36.9 Å². The van der Waals surface area contributed by atoms with Crippen LogP contribution >= 0.6 is 0 Å². The summed E-state index contributed by atoms with van der Waals surface area (Å²) in [5, 5.41) is 39.3. The first kappa shape index (κ1) is 13.2. The fraction of sp³-hybridized carbons (Fsp3) is 0.545. The van der Waals surface area contributed by atoms with Gasteiger partial charge in [-0.05, 0) is 0 Å². The minimum Gasteiger partial charge on any atom is -0.396 e. The molecule has 2 aromatic rings. The molecule has 0 bridgehead atoms. The lowest BCUT2D eigenvalue weighted by molar-refractivity contribution is -0.00782. The molecule has 5 atom stereocenters. The standard InChI is InChI=1S/C11H15N5O4/c12-10-5-11(14-2-13-10)16(3-15-5)6-7(18)4(1-17)8(19)9(6)20/h2-4,6-9,17-20H,1H2,(H2,12,13,14). The molecule has 1 fully saturated rings. The van der Waals surface area contributed by atoms with Gasteiger partial charge in [0.2, 0.25) is 0 Å². The first-order valence-corrected chi connectivity index (χ1v) is 6.14. The molecule has 5 unspecified atom stereocenters. The van der Waals surface area contributed by atoms with Crippen LogP contribution in [-0.2, 0) is 0 Å². The van der Waals surface area contributed by atoms with Crippen molar-refractivity contribution in [1.29, 1.82) is 0 Å². The second kappa shape index (κ2) is 4.63. The van der Waals surface area contributed by atoms with E-state index in [1.807, 2.05) is 0 Å². The molecule has 2 heterocycles. The largest absolute Gasteiger partial charge is 0.396 e. The number of hydrogen-bond donors (Lipinski definition) is 5. The SMILES string of the molecule is Nc1ncnc2c1ncn2C1C(O)C(O)C(CO)C1O. The van der Waals surface area contributed by atoms with Crippen LogP contribution in [0.3, 0.4) is 0 Å². The Morgan fingerprint density at radius 3 is 2.50 bits per heavy atom. The van der Waals surface area contributed by atoms with Crippen LogP contribution < -0.4 is 5.73 Å². The average molecular weight is 281 g/mol. The molecule has 9 nitrogen and oxygen atoms in total. The molecule has 1 aliphatic rings. The fourth-order valence-corrected chi connectivity index (χ4v) is 2.75. The van der Waals surface area contributed by atoms with E-state index in [0.29, 0.717) is 11.2 Å². The molecule has 0 spiro atoms. The van der Waals surface area contributed by atoms with E-state index in [1.54, 1.807) is 0 Å². The maximum absolute atomic E-state index is 10.2. The monoisotopic (exact) mass is 281 g/mol. The highest BCUT2D eigenvalue weighted by Crippen LogP contribution is 2.37. The molecule has 20 heavy (non-hydrogen) atoms. The van der Waals surface area contributed by atoms with E-state index >= 15 is 0 Å². The Morgan fingerprint density at radius 1 is 1.10 bits per heavy atom. The first-order chi connectivity index (χ1) is 9.56. The average Bonchev–Trinajstić information content (AvgIpc) is 2.92. The quantitative estimate of drug-likeness (QED) is 0.410. The Kier molecular flexibility index (Phi) is 3.05. The van der Waals surface area contributed by atoms with Gasteiger partial charge in [-0.15, -0.1) is 0 Å². The zero-order valence-electron chi connectivity index (χ0n) is 10.4. The number of nitrogens with zero attached hydrogens (tertiary/aromatic N) is 4. The molecule has 6 N–H and O–H groups in total. The van der Waals surface area contributed by atoms with Gasteiger partial charge in [0, 0.05) is 5.92 Å². The summed E-state index contributed by atoms with van der Waals surface area (Å²) >= 11 is 0. The van der Waals surface area contributed by atoms with Gasteiger partial charge in [0.15, 0.2) is 11.5 Å². The summed E-state index contributed by atoms with van der Waals surface area (Å²) in [6, 6.07) is -0.860. The van der Waals surface area contributed by atoms with Gasteiger partial charge in [0.05, 0.1) is 31.2 Å². The number of rotatable bonds is 2. The topological polar surface area (TPSA) is 151 Å². The van der Waals surface area contributed by atoms with E-state index in [4.69, 9.17) is 5.73 Å². The highest BCUT2D eigenvalue weighted by atomic mass is 16.3. The van der Waals surface area contributed by atoms with E-state index in [9.17, 15) is 20.4 Å². The molecular weight excluding hydrogens is 266 g/mol. The van der Waals surface area contributed by atoms with Crippen molar-refractivity contribution in [1.82, 2.24) is 19.5 Å². The number of fused-ring (bicyclic) bond motifs is 1. The van der Waals surface area contributed by atoms with Crippen molar-refractivity contribution in [3.8, 4) is 0 Å². The van der Waals surface area contributed by atoms with Crippen LogP contribution in [0.4, 0.5) is 5.82 Å². The van der Waals surface area contributed by atoms with Gasteiger partial charge in [-0.2, -0.15) is 0 Å². The van der Waals surface area contributed by atoms with Gasteiger partial charge in [0.1, 0.15) is 17.9 Å². The second-order valence-corrected chi connectivity index (χ2v) is 4.89. The Balaban J connectivity index is 2.09. The van der Waals surface area contributed by atoms with E-state index in [-0.39, 0.29) is 5.82 Å². The molecule has 108 valence electrons. The zero-order chi connectivity index (χ0) is 14.4. The van der Waals surface area contributed by atoms with Gasteiger partial charge in [-0.1, -0.05) is 0 Å². The van der Waals surface area contributed by atoms with Crippen LogP contribution in [0.25, 0.3) is 11.2 Å². The summed E-state index contributed by atoms with van der Waals surface area (Å²) in [5.41, 5.74) is 6.39. The Morgan fingerprint density at radius 2 is 1.85 bits per heavy atom. The van der Waals surface area contributed by atoms with Crippen molar-refractivity contribution in [3.05, 3.63) is 12.7 Å². The lowest BCUT2D eigenvalue weighted by atomic mass is 10.0. The molecule has 0 aliphatic heterocycles. The number of aliphatic hydroxyl groups is 4. The molecule has 0 saturated heterocycles. The Labute approximate surface area is 113 Å². The van der Waals surface area contributed by atoms with Crippen molar-refractivity contribution in [2.75, 3.05) is 12.3 Å². The number of nitrogen functional groups attached to an aromatic ring is 1. The molecule has 0 amide bonds. The van der Waals surface area contributed by atoms with Crippen molar-refractivity contribution >= 4 is 17.0 Å². The van der Waals surface area contributed by atoms with Gasteiger partial charge < -0.3 is 30.7 Å². The van der Waals surface area contributed by atoms with E-state index in [1.165, 1.54) is 17.2 Å². The van der Waals surface area contributed by atoms with Gasteiger partial charge in [-0.25, -0.2) is 15.0 Å². The predicted octanol–water partition coefficient (Wildman–Crippen LogP) is -2.35. The summed E-state index contributed by atoms with van der Waals surface area (Å²) in [7, 11) is 0. The third kappa shape index (κ3) is 1.68. The highest BCUT2D eigenvalue weighted by molar-refractivity contribution is 5.81. The molecule has 0 aromatic carbocycles. The Hall–Kier alpha value is -1.81. The smallest absolute Gasteiger partial charge is 0.165 e. The van der Waals surface area contributed by atoms with Crippen molar-refractivity contribution in [3.63, 3.8) is 0 Å². The van der Waals surface area contributed by atoms with Crippen LogP contribution in [0.1, 0.15) is 6.04 Å². The number of nitrogens with two attached hydrogens (primary N) is 1. The van der Waals surface area contributed by atoms with Crippen LogP contribution in [0.5, 0.6) is 0 Å². The number of imidazole rings is 1. The summed E-state index contributed by atoms with van der Waals surface area (Å²) in [6.07, 6.45) is -0.964. The zero-order valence-corrected chi connectivity index (χ0v) is 10.4. The van der Waals surface area contributed by atoms with Gasteiger partial charge in [0.25, 0.3) is 0 Å². The number of hydrogen-bond acceptors (Lipinski definition) is 8. The first-order valence-electron chi connectivity index (χ1n) is 6.14.